The molecular weight excluding hydrogens is 216 g/mol. The average Bonchev–Trinajstić information content (AvgIpc) is 2.71. The number of carbonyl (C=O) groups is 2. The monoisotopic (exact) mass is 240 g/mol. The Balaban J connectivity index is 2.65. The van der Waals surface area contributed by atoms with Gasteiger partial charge in [-0.25, -0.2) is 0 Å². The smallest absolute Gasteiger partial charge is 0.227 e. The van der Waals surface area contributed by atoms with Crippen LogP contribution in [0.25, 0.3) is 0 Å². The molecule has 1 rings (SSSR count). The third kappa shape index (κ3) is 2.99. The highest BCUT2D eigenvalue weighted by atomic mass is 16.2. The van der Waals surface area contributed by atoms with Crippen LogP contribution in [-0.2, 0) is 9.59 Å². The second-order valence-electron chi connectivity index (χ2n) is 4.71. The zero-order valence-electron chi connectivity index (χ0n) is 11.4. The van der Waals surface area contributed by atoms with Crippen molar-refractivity contribution < 1.29 is 9.59 Å². The number of amides is 2. The van der Waals surface area contributed by atoms with Gasteiger partial charge in [-0.1, -0.05) is 6.92 Å². The fourth-order valence-corrected chi connectivity index (χ4v) is 2.34. The molecule has 98 valence electrons. The van der Waals surface area contributed by atoms with Crippen LogP contribution in [-0.4, -0.2) is 47.3 Å². The van der Waals surface area contributed by atoms with E-state index >= 15 is 0 Å². The summed E-state index contributed by atoms with van der Waals surface area (Å²) >= 11 is 0. The fourth-order valence-electron chi connectivity index (χ4n) is 2.34. The minimum atomic E-state index is -0.128. The molecule has 1 aliphatic heterocycles. The van der Waals surface area contributed by atoms with E-state index < -0.39 is 0 Å². The molecule has 1 fully saturated rings. The van der Waals surface area contributed by atoms with Gasteiger partial charge in [-0.05, 0) is 27.2 Å². The highest BCUT2D eigenvalue weighted by molar-refractivity contribution is 5.89. The Hall–Kier alpha value is -1.06. The molecule has 0 aromatic rings. The molecule has 17 heavy (non-hydrogen) atoms. The van der Waals surface area contributed by atoms with Gasteiger partial charge >= 0.3 is 0 Å². The molecule has 2 amide bonds. The normalized spacial score (nSPS) is 21.8. The minimum Gasteiger partial charge on any atom is -0.343 e. The number of rotatable bonds is 5. The van der Waals surface area contributed by atoms with Gasteiger partial charge in [-0.2, -0.15) is 0 Å². The van der Waals surface area contributed by atoms with Crippen LogP contribution in [0.3, 0.4) is 0 Å². The largest absolute Gasteiger partial charge is 0.343 e. The van der Waals surface area contributed by atoms with E-state index in [0.29, 0.717) is 13.0 Å². The Morgan fingerprint density at radius 3 is 2.47 bits per heavy atom. The molecule has 0 N–H and O–H groups in total. The lowest BCUT2D eigenvalue weighted by Crippen LogP contribution is -2.38. The second-order valence-corrected chi connectivity index (χ2v) is 4.71. The van der Waals surface area contributed by atoms with Crippen molar-refractivity contribution in [1.82, 2.24) is 9.80 Å². The Kier molecular flexibility index (Phi) is 4.97. The van der Waals surface area contributed by atoms with Crippen molar-refractivity contribution in [1.29, 1.82) is 0 Å². The summed E-state index contributed by atoms with van der Waals surface area (Å²) in [5.74, 6) is 0.135. The minimum absolute atomic E-state index is 0.128. The average molecular weight is 240 g/mol. The van der Waals surface area contributed by atoms with Crippen molar-refractivity contribution in [2.75, 3.05) is 19.6 Å². The SMILES string of the molecule is CCC(C)N1CC(C(=O)N(CC)CC)CC1=O. The standard InChI is InChI=1S/C13H24N2O2/c1-5-10(4)15-9-11(8-12(15)16)13(17)14(6-2)7-3/h10-11H,5-9H2,1-4H3. The van der Waals surface area contributed by atoms with Crippen LogP contribution in [0.5, 0.6) is 0 Å². The van der Waals surface area contributed by atoms with Crippen molar-refractivity contribution in [2.24, 2.45) is 5.92 Å². The van der Waals surface area contributed by atoms with Gasteiger partial charge in [0.15, 0.2) is 0 Å². The van der Waals surface area contributed by atoms with Crippen molar-refractivity contribution in [3.05, 3.63) is 0 Å². The Morgan fingerprint density at radius 1 is 1.41 bits per heavy atom. The van der Waals surface area contributed by atoms with Gasteiger partial charge in [-0.15, -0.1) is 0 Å². The van der Waals surface area contributed by atoms with E-state index in [1.165, 1.54) is 0 Å². The molecule has 2 unspecified atom stereocenters. The molecule has 0 aromatic carbocycles. The zero-order chi connectivity index (χ0) is 13.0. The van der Waals surface area contributed by atoms with Crippen LogP contribution in [0.15, 0.2) is 0 Å². The summed E-state index contributed by atoms with van der Waals surface area (Å²) in [5.41, 5.74) is 0. The maximum atomic E-state index is 12.2. The summed E-state index contributed by atoms with van der Waals surface area (Å²) in [5, 5.41) is 0. The molecule has 0 radical (unpaired) electrons. The molecule has 4 heteroatoms. The fraction of sp³-hybridized carbons (Fsp3) is 0.846. The van der Waals surface area contributed by atoms with Gasteiger partial charge < -0.3 is 9.80 Å². The van der Waals surface area contributed by atoms with Gasteiger partial charge in [0.2, 0.25) is 11.8 Å². The summed E-state index contributed by atoms with van der Waals surface area (Å²) < 4.78 is 0. The number of carbonyl (C=O) groups excluding carboxylic acids is 2. The predicted molar refractivity (Wildman–Crippen MR) is 67.5 cm³/mol. The Labute approximate surface area is 104 Å². The van der Waals surface area contributed by atoms with Gasteiger partial charge in [0, 0.05) is 32.1 Å². The quantitative estimate of drug-likeness (QED) is 0.730. The van der Waals surface area contributed by atoms with Gasteiger partial charge in [0.05, 0.1) is 5.92 Å². The van der Waals surface area contributed by atoms with Crippen molar-refractivity contribution in [3.8, 4) is 0 Å². The van der Waals surface area contributed by atoms with Crippen LogP contribution < -0.4 is 0 Å². The molecule has 0 spiro atoms. The maximum absolute atomic E-state index is 12.2. The van der Waals surface area contributed by atoms with E-state index in [1.54, 1.807) is 0 Å². The molecule has 4 nitrogen and oxygen atoms in total. The predicted octanol–water partition coefficient (Wildman–Crippen LogP) is 1.50. The first kappa shape index (κ1) is 14.0. The summed E-state index contributed by atoms with van der Waals surface area (Å²) in [7, 11) is 0. The Bertz CT molecular complexity index is 287. The summed E-state index contributed by atoms with van der Waals surface area (Å²) in [6.07, 6.45) is 1.33. The summed E-state index contributed by atoms with van der Waals surface area (Å²) in [6, 6.07) is 0.247. The summed E-state index contributed by atoms with van der Waals surface area (Å²) in [6.45, 7) is 10.1. The molecule has 2 atom stereocenters. The molecular formula is C13H24N2O2. The van der Waals surface area contributed by atoms with Gasteiger partial charge in [0.25, 0.3) is 0 Å². The first-order chi connectivity index (χ1) is 8.04. The molecule has 1 saturated heterocycles. The molecule has 0 aliphatic carbocycles. The molecule has 1 aliphatic rings. The highest BCUT2D eigenvalue weighted by Crippen LogP contribution is 2.23. The van der Waals surface area contributed by atoms with Gasteiger partial charge in [-0.3, -0.25) is 9.59 Å². The summed E-state index contributed by atoms with van der Waals surface area (Å²) in [4.78, 5) is 27.7. The van der Waals surface area contributed by atoms with E-state index in [1.807, 2.05) is 30.6 Å². The van der Waals surface area contributed by atoms with Crippen LogP contribution in [0.1, 0.15) is 40.5 Å². The molecule has 0 bridgehead atoms. The van der Waals surface area contributed by atoms with E-state index in [9.17, 15) is 9.59 Å². The topological polar surface area (TPSA) is 40.6 Å². The van der Waals surface area contributed by atoms with Gasteiger partial charge in [0.1, 0.15) is 0 Å². The van der Waals surface area contributed by atoms with Crippen molar-refractivity contribution >= 4 is 11.8 Å². The van der Waals surface area contributed by atoms with Crippen LogP contribution in [0.4, 0.5) is 0 Å². The lowest BCUT2D eigenvalue weighted by molar-refractivity contribution is -0.135. The third-order valence-electron chi connectivity index (χ3n) is 3.71. The van der Waals surface area contributed by atoms with E-state index in [4.69, 9.17) is 0 Å². The molecule has 0 aromatic heterocycles. The lowest BCUT2D eigenvalue weighted by atomic mass is 10.1. The number of likely N-dealkylation sites (tertiary alicyclic amines) is 1. The number of hydrogen-bond acceptors (Lipinski definition) is 2. The van der Waals surface area contributed by atoms with Crippen molar-refractivity contribution in [2.45, 2.75) is 46.6 Å². The van der Waals surface area contributed by atoms with Crippen LogP contribution in [0, 0.1) is 5.92 Å². The van der Waals surface area contributed by atoms with Crippen LogP contribution in [0.2, 0.25) is 0 Å². The zero-order valence-corrected chi connectivity index (χ0v) is 11.4. The van der Waals surface area contributed by atoms with Crippen molar-refractivity contribution in [3.63, 3.8) is 0 Å². The van der Waals surface area contributed by atoms with Crippen LogP contribution >= 0.6 is 0 Å². The maximum Gasteiger partial charge on any atom is 0.227 e. The van der Waals surface area contributed by atoms with E-state index in [2.05, 4.69) is 6.92 Å². The number of nitrogens with zero attached hydrogens (tertiary/aromatic N) is 2. The second kappa shape index (κ2) is 6.03. The Morgan fingerprint density at radius 2 is 2.00 bits per heavy atom. The third-order valence-corrected chi connectivity index (χ3v) is 3.71. The lowest BCUT2D eigenvalue weighted by Gasteiger charge is -2.25. The molecule has 1 heterocycles. The van der Waals surface area contributed by atoms with E-state index in [0.717, 1.165) is 19.5 Å². The molecule has 0 saturated carbocycles. The van der Waals surface area contributed by atoms with E-state index in [-0.39, 0.29) is 23.8 Å². The highest BCUT2D eigenvalue weighted by Gasteiger charge is 2.37. The first-order valence-electron chi connectivity index (χ1n) is 6.63. The first-order valence-corrected chi connectivity index (χ1v) is 6.63. The number of hydrogen-bond donors (Lipinski definition) is 0.